The monoisotopic (exact) mass is 272 g/mol. The van der Waals surface area contributed by atoms with E-state index in [0.717, 1.165) is 5.56 Å². The van der Waals surface area contributed by atoms with Crippen molar-refractivity contribution in [3.05, 3.63) is 65.5 Å². The Morgan fingerprint density at radius 1 is 1.10 bits per heavy atom. The molecular weight excluding hydrogens is 257 g/mol. The fourth-order valence-electron chi connectivity index (χ4n) is 2.87. The Bertz CT molecular complexity index is 671. The number of carboxylic acid groups (broad SMARTS) is 1. The first kappa shape index (κ1) is 12.8. The summed E-state index contributed by atoms with van der Waals surface area (Å²) in [6.45, 7) is 0.796. The molecule has 4 heteroatoms. The molecule has 0 fully saturated rings. The second-order valence-corrected chi connectivity index (χ2v) is 5.13. The number of fused-ring (bicyclic) bond motifs is 1. The van der Waals surface area contributed by atoms with Crippen LogP contribution in [0.5, 0.6) is 0 Å². The zero-order valence-corrected chi connectivity index (χ0v) is 10.9. The molecule has 102 valence electrons. The van der Waals surface area contributed by atoms with Crippen molar-refractivity contribution in [2.45, 2.75) is 13.0 Å². The minimum absolute atomic E-state index is 0.241. The summed E-state index contributed by atoms with van der Waals surface area (Å²) in [7, 11) is 0. The smallest absolute Gasteiger partial charge is 0.435 e. The molecule has 1 unspecified atom stereocenters. The molecule has 20 heavy (non-hydrogen) atoms. The molecule has 1 heterocycles. The first-order valence-electron chi connectivity index (χ1n) is 6.55. The van der Waals surface area contributed by atoms with Gasteiger partial charge in [-0.25, -0.2) is 4.39 Å². The van der Waals surface area contributed by atoms with Crippen LogP contribution in [0.2, 0.25) is 0 Å². The minimum atomic E-state index is -0.940. The highest BCUT2D eigenvalue weighted by Crippen LogP contribution is 2.32. The van der Waals surface area contributed by atoms with Crippen molar-refractivity contribution in [1.29, 1.82) is 0 Å². The second kappa shape index (κ2) is 4.72. The van der Waals surface area contributed by atoms with Crippen LogP contribution >= 0.6 is 0 Å². The fourth-order valence-corrected chi connectivity index (χ4v) is 2.87. The lowest BCUT2D eigenvalue weighted by Crippen LogP contribution is -2.56. The summed E-state index contributed by atoms with van der Waals surface area (Å²) in [4.78, 5) is 11.8. The zero-order chi connectivity index (χ0) is 14.2. The summed E-state index contributed by atoms with van der Waals surface area (Å²) >= 11 is 0. The predicted octanol–water partition coefficient (Wildman–Crippen LogP) is 3.57. The molecule has 0 aromatic heterocycles. The van der Waals surface area contributed by atoms with E-state index in [1.807, 2.05) is 24.3 Å². The van der Waals surface area contributed by atoms with Crippen molar-refractivity contribution in [3.63, 3.8) is 0 Å². The summed E-state index contributed by atoms with van der Waals surface area (Å²) in [5, 5.41) is 9.71. The van der Waals surface area contributed by atoms with Gasteiger partial charge in [0.05, 0.1) is 6.54 Å². The number of hydrogen-bond acceptors (Lipinski definition) is 1. The van der Waals surface area contributed by atoms with Crippen LogP contribution in [0.25, 0.3) is 0 Å². The van der Waals surface area contributed by atoms with E-state index in [4.69, 9.17) is 0 Å². The van der Waals surface area contributed by atoms with Gasteiger partial charge in [0.1, 0.15) is 18.0 Å². The molecule has 1 N–H and O–H groups in total. The third kappa shape index (κ3) is 1.98. The van der Waals surface area contributed by atoms with E-state index >= 15 is 0 Å². The number of nitrogens with zero attached hydrogens (tertiary/aromatic N) is 1. The van der Waals surface area contributed by atoms with Crippen LogP contribution in [0, 0.1) is 5.82 Å². The Morgan fingerprint density at radius 3 is 2.55 bits per heavy atom. The molecule has 0 saturated carbocycles. The molecule has 1 amide bonds. The third-order valence-corrected chi connectivity index (χ3v) is 3.99. The van der Waals surface area contributed by atoms with Gasteiger partial charge in [-0.2, -0.15) is 9.28 Å². The van der Waals surface area contributed by atoms with Gasteiger partial charge in [-0.1, -0.05) is 30.3 Å². The highest BCUT2D eigenvalue weighted by molar-refractivity contribution is 5.81. The average Bonchev–Trinajstić information content (AvgIpc) is 2.46. The Hall–Kier alpha value is -2.20. The van der Waals surface area contributed by atoms with E-state index in [2.05, 4.69) is 0 Å². The normalized spacial score (nSPS) is 21.2. The van der Waals surface area contributed by atoms with Gasteiger partial charge in [-0.05, 0) is 17.7 Å². The number of hydrogen-bond donors (Lipinski definition) is 1. The lowest BCUT2D eigenvalue weighted by atomic mass is 9.97. The van der Waals surface area contributed by atoms with Crippen molar-refractivity contribution >= 4 is 11.8 Å². The van der Waals surface area contributed by atoms with Crippen molar-refractivity contribution < 1.29 is 14.3 Å². The van der Waals surface area contributed by atoms with Gasteiger partial charge in [0, 0.05) is 18.1 Å². The Balaban J connectivity index is 2.10. The van der Waals surface area contributed by atoms with E-state index in [0.29, 0.717) is 25.2 Å². The van der Waals surface area contributed by atoms with Crippen LogP contribution in [-0.4, -0.2) is 17.7 Å². The van der Waals surface area contributed by atoms with E-state index < -0.39 is 11.9 Å². The number of halogens is 1. The SMILES string of the molecule is O=C(O)[N+]1(c2cccc(F)c2)CCc2ccccc2C1. The molecule has 0 spiro atoms. The number of rotatable bonds is 1. The maximum absolute atomic E-state index is 13.4. The van der Waals surface area contributed by atoms with Crippen molar-refractivity contribution in [2.75, 3.05) is 6.54 Å². The molecular formula is C16H15FNO2+. The summed E-state index contributed by atoms with van der Waals surface area (Å²) in [5.41, 5.74) is 2.69. The van der Waals surface area contributed by atoms with Gasteiger partial charge in [0.25, 0.3) is 0 Å². The van der Waals surface area contributed by atoms with Gasteiger partial charge in [0.15, 0.2) is 0 Å². The van der Waals surface area contributed by atoms with Crippen LogP contribution in [0.15, 0.2) is 48.5 Å². The summed E-state index contributed by atoms with van der Waals surface area (Å²) < 4.78 is 13.2. The predicted molar refractivity (Wildman–Crippen MR) is 74.9 cm³/mol. The maximum atomic E-state index is 13.4. The van der Waals surface area contributed by atoms with Crippen LogP contribution in [0.4, 0.5) is 14.9 Å². The van der Waals surface area contributed by atoms with Gasteiger partial charge in [0.2, 0.25) is 0 Å². The largest absolute Gasteiger partial charge is 0.519 e. The van der Waals surface area contributed by atoms with Crippen LogP contribution in [0.3, 0.4) is 0 Å². The fraction of sp³-hybridized carbons (Fsp3) is 0.188. The molecule has 2 aromatic rings. The molecule has 0 aliphatic carbocycles. The summed E-state index contributed by atoms with van der Waals surface area (Å²) in [6.07, 6.45) is -0.260. The number of amides is 1. The third-order valence-electron chi connectivity index (χ3n) is 3.99. The van der Waals surface area contributed by atoms with Crippen molar-refractivity contribution in [2.24, 2.45) is 0 Å². The van der Waals surface area contributed by atoms with Crippen LogP contribution in [0.1, 0.15) is 11.1 Å². The van der Waals surface area contributed by atoms with Crippen LogP contribution < -0.4 is 4.48 Å². The number of benzene rings is 2. The molecule has 0 radical (unpaired) electrons. The molecule has 1 atom stereocenters. The first-order valence-corrected chi connectivity index (χ1v) is 6.55. The van der Waals surface area contributed by atoms with E-state index in [-0.39, 0.29) is 4.48 Å². The molecule has 0 saturated heterocycles. The number of quaternary nitrogens is 1. The Labute approximate surface area is 116 Å². The first-order chi connectivity index (χ1) is 9.62. The molecule has 1 aliphatic rings. The lowest BCUT2D eigenvalue weighted by Gasteiger charge is -2.36. The highest BCUT2D eigenvalue weighted by Gasteiger charge is 2.42. The standard InChI is InChI=1S/C16H14FNO2/c17-14-6-3-7-15(10-14)18(16(19)20)9-8-12-4-1-2-5-13(12)11-18/h1-7,10H,8-9,11H2/p+1. The molecule has 2 aromatic carbocycles. The lowest BCUT2D eigenvalue weighted by molar-refractivity contribution is 0.141. The summed E-state index contributed by atoms with van der Waals surface area (Å²) in [6, 6.07) is 13.7. The average molecular weight is 272 g/mol. The van der Waals surface area contributed by atoms with Gasteiger partial charge in [-0.3, -0.25) is 0 Å². The molecule has 0 bridgehead atoms. The molecule has 3 nitrogen and oxygen atoms in total. The van der Waals surface area contributed by atoms with E-state index in [9.17, 15) is 14.3 Å². The Kier molecular flexibility index (Phi) is 3.03. The van der Waals surface area contributed by atoms with Crippen LogP contribution in [-0.2, 0) is 13.0 Å². The van der Waals surface area contributed by atoms with E-state index in [1.54, 1.807) is 12.1 Å². The van der Waals surface area contributed by atoms with Gasteiger partial charge < -0.3 is 5.11 Å². The van der Waals surface area contributed by atoms with Gasteiger partial charge >= 0.3 is 6.09 Å². The van der Waals surface area contributed by atoms with Crippen molar-refractivity contribution in [3.8, 4) is 0 Å². The number of carbonyl (C=O) groups is 1. The van der Waals surface area contributed by atoms with Crippen molar-refractivity contribution in [1.82, 2.24) is 4.48 Å². The second-order valence-electron chi connectivity index (χ2n) is 5.13. The summed E-state index contributed by atoms with van der Waals surface area (Å²) in [5.74, 6) is -0.403. The Morgan fingerprint density at radius 2 is 1.85 bits per heavy atom. The zero-order valence-electron chi connectivity index (χ0n) is 10.9. The van der Waals surface area contributed by atoms with Gasteiger partial charge in [-0.15, -0.1) is 0 Å². The topological polar surface area (TPSA) is 37.3 Å². The molecule has 1 aliphatic heterocycles. The maximum Gasteiger partial charge on any atom is 0.519 e. The molecule has 3 rings (SSSR count). The highest BCUT2D eigenvalue weighted by atomic mass is 19.1. The minimum Gasteiger partial charge on any atom is -0.435 e. The quantitative estimate of drug-likeness (QED) is 0.806. The van der Waals surface area contributed by atoms with E-state index in [1.165, 1.54) is 17.7 Å².